The van der Waals surface area contributed by atoms with Gasteiger partial charge in [-0.05, 0) is 38.8 Å². The molecular formula is C14H22ClN3O. The van der Waals surface area contributed by atoms with Crippen LogP contribution in [0, 0.1) is 0 Å². The Kier molecular flexibility index (Phi) is 4.66. The maximum absolute atomic E-state index is 6.06. The van der Waals surface area contributed by atoms with Crippen LogP contribution < -0.4 is 11.1 Å². The number of ether oxygens (including phenoxy) is 1. The molecule has 1 aliphatic heterocycles. The van der Waals surface area contributed by atoms with E-state index in [4.69, 9.17) is 22.1 Å². The molecule has 0 aromatic carbocycles. The summed E-state index contributed by atoms with van der Waals surface area (Å²) in [5.74, 6) is 0.523. The highest BCUT2D eigenvalue weighted by Gasteiger charge is 2.40. The van der Waals surface area contributed by atoms with Crippen LogP contribution in [0.4, 0.5) is 5.82 Å². The molecule has 3 N–H and O–H groups in total. The van der Waals surface area contributed by atoms with Crippen molar-refractivity contribution in [3.63, 3.8) is 0 Å². The first kappa shape index (κ1) is 14.6. The Bertz CT molecular complexity index is 433. The minimum Gasteiger partial charge on any atom is -0.383 e. The lowest BCUT2D eigenvalue weighted by Crippen LogP contribution is -2.42. The Labute approximate surface area is 119 Å². The molecule has 0 saturated carbocycles. The van der Waals surface area contributed by atoms with Crippen molar-refractivity contribution >= 4 is 17.4 Å². The van der Waals surface area contributed by atoms with Gasteiger partial charge < -0.3 is 15.8 Å². The van der Waals surface area contributed by atoms with Crippen molar-refractivity contribution in [3.8, 4) is 0 Å². The molecule has 0 bridgehead atoms. The van der Waals surface area contributed by atoms with E-state index in [-0.39, 0.29) is 11.6 Å². The van der Waals surface area contributed by atoms with Crippen molar-refractivity contribution in [2.24, 2.45) is 0 Å². The second-order valence-corrected chi connectivity index (χ2v) is 5.72. The predicted molar refractivity (Wildman–Crippen MR) is 78.3 cm³/mol. The quantitative estimate of drug-likeness (QED) is 0.872. The fourth-order valence-electron chi connectivity index (χ4n) is 2.67. The molecule has 5 heteroatoms. The minimum absolute atomic E-state index is 0.0288. The number of pyridine rings is 1. The average Bonchev–Trinajstić information content (AvgIpc) is 2.82. The molecule has 0 aliphatic carbocycles. The highest BCUT2D eigenvalue weighted by atomic mass is 35.5. The van der Waals surface area contributed by atoms with E-state index in [0.29, 0.717) is 10.8 Å². The van der Waals surface area contributed by atoms with E-state index in [0.717, 1.165) is 38.0 Å². The maximum Gasteiger partial charge on any atom is 0.128 e. The largest absolute Gasteiger partial charge is 0.383 e. The average molecular weight is 284 g/mol. The summed E-state index contributed by atoms with van der Waals surface area (Å²) in [7, 11) is 0. The van der Waals surface area contributed by atoms with Crippen LogP contribution in [-0.4, -0.2) is 23.7 Å². The molecular weight excluding hydrogens is 262 g/mol. The summed E-state index contributed by atoms with van der Waals surface area (Å²) in [6.45, 7) is 5.99. The second-order valence-electron chi connectivity index (χ2n) is 5.28. The number of nitrogens with two attached hydrogens (primary N) is 1. The van der Waals surface area contributed by atoms with Crippen molar-refractivity contribution < 1.29 is 4.74 Å². The van der Waals surface area contributed by atoms with Gasteiger partial charge in [0, 0.05) is 18.4 Å². The van der Waals surface area contributed by atoms with Crippen LogP contribution in [0.3, 0.4) is 0 Å². The van der Waals surface area contributed by atoms with Gasteiger partial charge in [-0.2, -0.15) is 0 Å². The fourth-order valence-corrected chi connectivity index (χ4v) is 2.83. The molecule has 106 valence electrons. The zero-order valence-corrected chi connectivity index (χ0v) is 12.3. The number of nitrogen functional groups attached to an aromatic ring is 1. The molecule has 1 saturated heterocycles. The van der Waals surface area contributed by atoms with Gasteiger partial charge in [0.25, 0.3) is 0 Å². The SMILES string of the molecule is CCCNC(c1cc(Cl)cnc1N)C1(C)CCCO1. The molecule has 1 aromatic heterocycles. The van der Waals surface area contributed by atoms with Gasteiger partial charge in [-0.15, -0.1) is 0 Å². The third-order valence-electron chi connectivity index (χ3n) is 3.69. The predicted octanol–water partition coefficient (Wildman–Crippen LogP) is 2.93. The van der Waals surface area contributed by atoms with Gasteiger partial charge in [0.2, 0.25) is 0 Å². The summed E-state index contributed by atoms with van der Waals surface area (Å²) >= 11 is 6.06. The van der Waals surface area contributed by atoms with Crippen LogP contribution in [0.2, 0.25) is 5.02 Å². The second kappa shape index (κ2) is 6.07. The van der Waals surface area contributed by atoms with Crippen molar-refractivity contribution in [2.75, 3.05) is 18.9 Å². The molecule has 19 heavy (non-hydrogen) atoms. The van der Waals surface area contributed by atoms with E-state index >= 15 is 0 Å². The van der Waals surface area contributed by atoms with Gasteiger partial charge in [-0.25, -0.2) is 4.98 Å². The molecule has 2 heterocycles. The third-order valence-corrected chi connectivity index (χ3v) is 3.89. The molecule has 2 atom stereocenters. The number of hydrogen-bond donors (Lipinski definition) is 2. The number of anilines is 1. The van der Waals surface area contributed by atoms with Crippen LogP contribution in [-0.2, 0) is 4.74 Å². The number of hydrogen-bond acceptors (Lipinski definition) is 4. The van der Waals surface area contributed by atoms with Crippen molar-refractivity contribution in [3.05, 3.63) is 22.8 Å². The Morgan fingerprint density at radius 2 is 2.42 bits per heavy atom. The number of aromatic nitrogens is 1. The summed E-state index contributed by atoms with van der Waals surface area (Å²) in [6.07, 6.45) is 4.73. The first-order chi connectivity index (χ1) is 9.07. The summed E-state index contributed by atoms with van der Waals surface area (Å²) < 4.78 is 5.96. The van der Waals surface area contributed by atoms with Gasteiger partial charge in [0.05, 0.1) is 16.7 Å². The molecule has 2 unspecified atom stereocenters. The first-order valence-electron chi connectivity index (χ1n) is 6.85. The lowest BCUT2D eigenvalue weighted by Gasteiger charge is -2.35. The zero-order valence-electron chi connectivity index (χ0n) is 11.6. The summed E-state index contributed by atoms with van der Waals surface area (Å²) in [4.78, 5) is 4.16. The van der Waals surface area contributed by atoms with Gasteiger partial charge in [-0.3, -0.25) is 0 Å². The summed E-state index contributed by atoms with van der Waals surface area (Å²) in [5.41, 5.74) is 6.72. The number of nitrogens with one attached hydrogen (secondary N) is 1. The molecule has 1 aliphatic rings. The van der Waals surface area contributed by atoms with Crippen molar-refractivity contribution in [1.82, 2.24) is 10.3 Å². The van der Waals surface area contributed by atoms with E-state index in [1.807, 2.05) is 6.07 Å². The monoisotopic (exact) mass is 283 g/mol. The Morgan fingerprint density at radius 3 is 3.05 bits per heavy atom. The molecule has 0 spiro atoms. The van der Waals surface area contributed by atoms with Crippen LogP contribution in [0.15, 0.2) is 12.3 Å². The molecule has 4 nitrogen and oxygen atoms in total. The molecule has 1 fully saturated rings. The van der Waals surface area contributed by atoms with Crippen LogP contribution in [0.5, 0.6) is 0 Å². The van der Waals surface area contributed by atoms with Gasteiger partial charge in [0.1, 0.15) is 5.82 Å². The van der Waals surface area contributed by atoms with E-state index in [1.165, 1.54) is 0 Å². The smallest absolute Gasteiger partial charge is 0.128 e. The highest BCUT2D eigenvalue weighted by molar-refractivity contribution is 6.30. The van der Waals surface area contributed by atoms with E-state index < -0.39 is 0 Å². The van der Waals surface area contributed by atoms with Crippen LogP contribution in [0.1, 0.15) is 44.7 Å². The Balaban J connectivity index is 2.33. The van der Waals surface area contributed by atoms with E-state index in [2.05, 4.69) is 24.1 Å². The maximum atomic E-state index is 6.06. The first-order valence-corrected chi connectivity index (χ1v) is 7.23. The van der Waals surface area contributed by atoms with E-state index in [9.17, 15) is 0 Å². The number of rotatable bonds is 5. The zero-order chi connectivity index (χ0) is 13.9. The highest BCUT2D eigenvalue weighted by Crippen LogP contribution is 2.39. The van der Waals surface area contributed by atoms with Crippen molar-refractivity contribution in [2.45, 2.75) is 44.8 Å². The fraction of sp³-hybridized carbons (Fsp3) is 0.643. The Morgan fingerprint density at radius 1 is 1.63 bits per heavy atom. The van der Waals surface area contributed by atoms with Crippen LogP contribution in [0.25, 0.3) is 0 Å². The van der Waals surface area contributed by atoms with Crippen LogP contribution >= 0.6 is 11.6 Å². The number of nitrogens with zero attached hydrogens (tertiary/aromatic N) is 1. The molecule has 1 aromatic rings. The topological polar surface area (TPSA) is 60.2 Å². The normalized spacial score (nSPS) is 24.6. The third kappa shape index (κ3) is 3.19. The number of halogens is 1. The molecule has 0 radical (unpaired) electrons. The lowest BCUT2D eigenvalue weighted by molar-refractivity contribution is -0.0123. The minimum atomic E-state index is -0.240. The van der Waals surface area contributed by atoms with Gasteiger partial charge in [-0.1, -0.05) is 18.5 Å². The molecule has 2 rings (SSSR count). The summed E-state index contributed by atoms with van der Waals surface area (Å²) in [6, 6.07) is 1.92. The lowest BCUT2D eigenvalue weighted by atomic mass is 9.87. The molecule has 0 amide bonds. The standard InChI is InChI=1S/C14H22ClN3O/c1-3-6-17-12(14(2)5-4-7-19-14)11-8-10(15)9-18-13(11)16/h8-9,12,17H,3-7H2,1-2H3,(H2,16,18). The summed E-state index contributed by atoms with van der Waals surface area (Å²) in [5, 5.41) is 4.14. The van der Waals surface area contributed by atoms with E-state index in [1.54, 1.807) is 6.20 Å². The van der Waals surface area contributed by atoms with Crippen molar-refractivity contribution in [1.29, 1.82) is 0 Å². The Hall–Kier alpha value is -0.840. The van der Waals surface area contributed by atoms with Gasteiger partial charge >= 0.3 is 0 Å². The van der Waals surface area contributed by atoms with Gasteiger partial charge in [0.15, 0.2) is 0 Å².